The molecule has 3 rings (SSSR count). The van der Waals surface area contributed by atoms with Gasteiger partial charge in [0.25, 0.3) is 16.0 Å². The van der Waals surface area contributed by atoms with E-state index in [9.17, 15) is 18.0 Å². The summed E-state index contributed by atoms with van der Waals surface area (Å²) in [5.74, 6) is -1.92. The van der Waals surface area contributed by atoms with Crippen molar-refractivity contribution in [3.8, 4) is 0 Å². The number of carbonyl (C=O) groups excluding carboxylic acids is 1. The van der Waals surface area contributed by atoms with Crippen LogP contribution < -0.4 is 4.90 Å². The van der Waals surface area contributed by atoms with Gasteiger partial charge in [0.05, 0.1) is 11.4 Å². The van der Waals surface area contributed by atoms with Crippen molar-refractivity contribution in [2.45, 2.75) is 59.3 Å². The molecule has 1 aromatic carbocycles. The number of anilines is 1. The highest BCUT2D eigenvalue weighted by Gasteiger charge is 2.39. The van der Waals surface area contributed by atoms with Gasteiger partial charge in [-0.05, 0) is 64.2 Å². The van der Waals surface area contributed by atoms with E-state index in [1.54, 1.807) is 0 Å². The van der Waals surface area contributed by atoms with E-state index in [0.29, 0.717) is 22.9 Å². The van der Waals surface area contributed by atoms with Crippen molar-refractivity contribution >= 4 is 67.7 Å². The van der Waals surface area contributed by atoms with Gasteiger partial charge in [0, 0.05) is 11.4 Å². The van der Waals surface area contributed by atoms with Crippen LogP contribution in [0.4, 0.5) is 5.69 Å². The van der Waals surface area contributed by atoms with Crippen LogP contribution in [0, 0.1) is 0 Å². The predicted octanol–water partition coefficient (Wildman–Crippen LogP) is 5.08. The topological polar surface area (TPSA) is 122 Å². The average molecular weight is 663 g/mol. The van der Waals surface area contributed by atoms with Gasteiger partial charge in [0.15, 0.2) is 0 Å². The number of thioether (sulfide) groups is 2. The summed E-state index contributed by atoms with van der Waals surface area (Å²) in [5.41, 5.74) is 0.887. The summed E-state index contributed by atoms with van der Waals surface area (Å²) >= 11 is 7.63. The average Bonchev–Trinajstić information content (AvgIpc) is 3.45. The summed E-state index contributed by atoms with van der Waals surface area (Å²) in [5, 5.41) is 9.65. The third-order valence-corrected chi connectivity index (χ3v) is 10.2. The number of rotatable bonds is 13. The molecule has 1 aromatic rings. The van der Waals surface area contributed by atoms with Gasteiger partial charge in [-0.25, -0.2) is 0 Å². The zero-order valence-corrected chi connectivity index (χ0v) is 28.8. The van der Waals surface area contributed by atoms with Gasteiger partial charge in [-0.1, -0.05) is 89.4 Å². The standard InChI is InChI=1S/C16H16N2O6S4.2C6H15N/c19-12(20)9-18-14(21)13(27-16(18)25)15-17(7-3-4-8-28(22,23)24)10-5-1-2-6-11(10)26-15;2*1-4-7(5-2)6-3/h1-2,5-6H,3-4,7-9H2,(H,19,20)(H,22,23,24);2*4-6H2,1-3H3. The van der Waals surface area contributed by atoms with E-state index in [2.05, 4.69) is 51.3 Å². The maximum Gasteiger partial charge on any atom is 0.323 e. The second-order valence-corrected chi connectivity index (χ2v) is 13.5. The molecular formula is C28H46N4O6S4. The second-order valence-electron chi connectivity index (χ2n) is 9.24. The number of carboxylic acid groups (broad SMARTS) is 1. The van der Waals surface area contributed by atoms with Gasteiger partial charge in [0.1, 0.15) is 20.8 Å². The molecule has 0 atom stereocenters. The van der Waals surface area contributed by atoms with Crippen LogP contribution in [-0.4, -0.2) is 107 Å². The number of hydrogen-bond donors (Lipinski definition) is 2. The molecule has 238 valence electrons. The van der Waals surface area contributed by atoms with Crippen molar-refractivity contribution in [3.63, 3.8) is 0 Å². The summed E-state index contributed by atoms with van der Waals surface area (Å²) < 4.78 is 30.9. The fourth-order valence-electron chi connectivity index (χ4n) is 4.12. The highest BCUT2D eigenvalue weighted by molar-refractivity contribution is 8.27. The molecule has 1 amide bonds. The van der Waals surface area contributed by atoms with E-state index in [1.807, 2.05) is 29.2 Å². The lowest BCUT2D eigenvalue weighted by molar-refractivity contribution is -0.140. The zero-order valence-electron chi connectivity index (χ0n) is 25.5. The van der Waals surface area contributed by atoms with E-state index in [1.165, 1.54) is 51.0 Å². The van der Waals surface area contributed by atoms with E-state index in [-0.39, 0.29) is 16.5 Å². The molecule has 0 bridgehead atoms. The minimum atomic E-state index is -4.02. The fourth-order valence-corrected chi connectivity index (χ4v) is 7.28. The number of amides is 1. The first-order valence-corrected chi connectivity index (χ1v) is 18.0. The molecule has 2 N–H and O–H groups in total. The molecule has 0 unspecified atom stereocenters. The Balaban J connectivity index is 0.000000522. The van der Waals surface area contributed by atoms with E-state index in [0.717, 1.165) is 27.2 Å². The van der Waals surface area contributed by atoms with Gasteiger partial charge >= 0.3 is 5.97 Å². The molecule has 2 aliphatic heterocycles. The van der Waals surface area contributed by atoms with Crippen molar-refractivity contribution in [2.75, 3.05) is 63.0 Å². The molecular weight excluding hydrogens is 617 g/mol. The molecule has 0 aromatic heterocycles. The van der Waals surface area contributed by atoms with Crippen LogP contribution in [0.15, 0.2) is 39.1 Å². The normalized spacial score (nSPS) is 16.4. The van der Waals surface area contributed by atoms with Crippen molar-refractivity contribution in [1.82, 2.24) is 14.7 Å². The molecule has 1 fully saturated rings. The van der Waals surface area contributed by atoms with Crippen LogP contribution in [0.3, 0.4) is 0 Å². The summed E-state index contributed by atoms with van der Waals surface area (Å²) in [6.07, 6.45) is 0.753. The monoisotopic (exact) mass is 662 g/mol. The second kappa shape index (κ2) is 19.6. The molecule has 2 aliphatic rings. The Kier molecular flexibility index (Phi) is 17.9. The molecule has 2 heterocycles. The maximum atomic E-state index is 12.7. The Morgan fingerprint density at radius 3 is 1.86 bits per heavy atom. The van der Waals surface area contributed by atoms with Gasteiger partial charge in [0.2, 0.25) is 0 Å². The number of hydrogen-bond acceptors (Lipinski definition) is 10. The maximum absolute atomic E-state index is 12.7. The Morgan fingerprint density at radius 2 is 1.40 bits per heavy atom. The van der Waals surface area contributed by atoms with Crippen LogP contribution in [0.5, 0.6) is 0 Å². The highest BCUT2D eigenvalue weighted by Crippen LogP contribution is 2.50. The Labute approximate surface area is 265 Å². The number of nitrogens with zero attached hydrogens (tertiary/aromatic N) is 4. The van der Waals surface area contributed by atoms with E-state index < -0.39 is 28.5 Å². The van der Waals surface area contributed by atoms with Gasteiger partial charge in [-0.3, -0.25) is 19.0 Å². The number of benzene rings is 1. The lowest BCUT2D eigenvalue weighted by Crippen LogP contribution is -2.33. The number of carboxylic acids is 1. The molecule has 10 nitrogen and oxygen atoms in total. The lowest BCUT2D eigenvalue weighted by Gasteiger charge is -2.21. The number of carbonyl (C=O) groups is 2. The van der Waals surface area contributed by atoms with Crippen LogP contribution in [0.1, 0.15) is 54.4 Å². The molecule has 1 saturated heterocycles. The summed E-state index contributed by atoms with van der Waals surface area (Å²) in [7, 11) is -4.02. The molecule has 0 aliphatic carbocycles. The number of aliphatic carboxylic acids is 1. The molecule has 0 radical (unpaired) electrons. The summed E-state index contributed by atoms with van der Waals surface area (Å²) in [6, 6.07) is 7.55. The largest absolute Gasteiger partial charge is 0.480 e. The van der Waals surface area contributed by atoms with Gasteiger partial charge < -0.3 is 19.8 Å². The first kappa shape index (κ1) is 38.3. The summed E-state index contributed by atoms with van der Waals surface area (Å²) in [4.78, 5) is 32.8. The Hall–Kier alpha value is -1.68. The van der Waals surface area contributed by atoms with Crippen molar-refractivity contribution < 1.29 is 27.7 Å². The minimum absolute atomic E-state index is 0.192. The fraction of sp³-hybridized carbons (Fsp3) is 0.607. The Bertz CT molecular complexity index is 1150. The number of thiocarbonyl (C=S) groups is 1. The zero-order chi connectivity index (χ0) is 31.9. The molecule has 14 heteroatoms. The SMILES string of the molecule is CCN(CC)CC.CCN(CC)CC.O=C(O)CN1C(=O)C(=C2Sc3ccccc3N2CCCCS(=O)(=O)O)SC1=S. The van der Waals surface area contributed by atoms with Crippen LogP contribution in [0.25, 0.3) is 0 Å². The van der Waals surface area contributed by atoms with Crippen LogP contribution in [-0.2, 0) is 19.7 Å². The lowest BCUT2D eigenvalue weighted by atomic mass is 10.2. The summed E-state index contributed by atoms with van der Waals surface area (Å²) in [6.45, 7) is 20.2. The van der Waals surface area contributed by atoms with Crippen LogP contribution >= 0.6 is 35.7 Å². The number of unbranched alkanes of at least 4 members (excludes halogenated alkanes) is 1. The van der Waals surface area contributed by atoms with Gasteiger partial charge in [-0.2, -0.15) is 8.42 Å². The third kappa shape index (κ3) is 12.5. The predicted molar refractivity (Wildman–Crippen MR) is 179 cm³/mol. The first-order chi connectivity index (χ1) is 19.9. The smallest absolute Gasteiger partial charge is 0.323 e. The number of fused-ring (bicyclic) bond motifs is 1. The number of para-hydroxylation sites is 1. The van der Waals surface area contributed by atoms with E-state index in [4.69, 9.17) is 21.9 Å². The van der Waals surface area contributed by atoms with Crippen molar-refractivity contribution in [3.05, 3.63) is 34.2 Å². The minimum Gasteiger partial charge on any atom is -0.480 e. The molecule has 0 spiro atoms. The molecule has 42 heavy (non-hydrogen) atoms. The van der Waals surface area contributed by atoms with Gasteiger partial charge in [-0.15, -0.1) is 0 Å². The van der Waals surface area contributed by atoms with Crippen molar-refractivity contribution in [2.24, 2.45) is 0 Å². The third-order valence-electron chi connectivity index (χ3n) is 6.66. The van der Waals surface area contributed by atoms with Crippen LogP contribution in [0.2, 0.25) is 0 Å². The molecule has 0 saturated carbocycles. The quantitative estimate of drug-likeness (QED) is 0.127. The van der Waals surface area contributed by atoms with Crippen molar-refractivity contribution in [1.29, 1.82) is 0 Å². The highest BCUT2D eigenvalue weighted by atomic mass is 32.2. The first-order valence-electron chi connectivity index (χ1n) is 14.3. The Morgan fingerprint density at radius 1 is 0.881 bits per heavy atom. The van der Waals surface area contributed by atoms with E-state index >= 15 is 0 Å².